The van der Waals surface area contributed by atoms with E-state index in [2.05, 4.69) is 0 Å². The Labute approximate surface area is 100 Å². The molecule has 90 valence electrons. The van der Waals surface area contributed by atoms with Crippen LogP contribution in [0.4, 0.5) is 0 Å². The third kappa shape index (κ3) is 4.14. The van der Waals surface area contributed by atoms with Crippen LogP contribution >= 0.6 is 11.3 Å². The molecular formula is C12H18O3S. The largest absolute Gasteiger partial charge is 0.477 e. The van der Waals surface area contributed by atoms with Crippen molar-refractivity contribution in [2.75, 3.05) is 0 Å². The molecule has 0 radical (unpaired) electrons. The van der Waals surface area contributed by atoms with Crippen LogP contribution in [0.1, 0.15) is 48.0 Å². The third-order valence-electron chi connectivity index (χ3n) is 2.02. The highest BCUT2D eigenvalue weighted by Gasteiger charge is 2.14. The van der Waals surface area contributed by atoms with Gasteiger partial charge in [-0.25, -0.2) is 4.79 Å². The van der Waals surface area contributed by atoms with Crippen LogP contribution < -0.4 is 0 Å². The second-order valence-corrected chi connectivity index (χ2v) is 4.11. The summed E-state index contributed by atoms with van der Waals surface area (Å²) < 4.78 is 0. The Kier molecular flexibility index (Phi) is 6.65. The Hall–Kier alpha value is -1.16. The average molecular weight is 242 g/mol. The molecule has 1 aromatic rings. The van der Waals surface area contributed by atoms with Gasteiger partial charge in [-0.2, -0.15) is 0 Å². The molecule has 1 heterocycles. The van der Waals surface area contributed by atoms with Gasteiger partial charge in [-0.1, -0.05) is 13.8 Å². The van der Waals surface area contributed by atoms with Gasteiger partial charge in [0, 0.05) is 6.42 Å². The molecule has 3 nitrogen and oxygen atoms in total. The van der Waals surface area contributed by atoms with Gasteiger partial charge in [-0.15, -0.1) is 11.3 Å². The second-order valence-electron chi connectivity index (χ2n) is 3.23. The predicted octanol–water partition coefficient (Wildman–Crippen LogP) is 3.30. The van der Waals surface area contributed by atoms with Gasteiger partial charge in [-0.05, 0) is 36.8 Å². The lowest BCUT2D eigenvalue weighted by Crippen LogP contribution is -2.01. The maximum absolute atomic E-state index is 10.8. The predicted molar refractivity (Wildman–Crippen MR) is 66.4 cm³/mol. The van der Waals surface area contributed by atoms with E-state index in [9.17, 15) is 9.59 Å². The lowest BCUT2D eigenvalue weighted by molar-refractivity contribution is -0.116. The van der Waals surface area contributed by atoms with E-state index in [0.29, 0.717) is 17.7 Å². The van der Waals surface area contributed by atoms with Gasteiger partial charge in [0.25, 0.3) is 0 Å². The molecule has 0 aliphatic carbocycles. The van der Waals surface area contributed by atoms with Crippen molar-refractivity contribution in [3.63, 3.8) is 0 Å². The summed E-state index contributed by atoms with van der Waals surface area (Å²) in [6.07, 6.45) is 0.949. The van der Waals surface area contributed by atoms with Gasteiger partial charge < -0.3 is 9.90 Å². The number of rotatable bonds is 4. The summed E-state index contributed by atoms with van der Waals surface area (Å²) in [5.74, 6) is -0.811. The minimum absolute atomic E-state index is 0.0898. The van der Waals surface area contributed by atoms with Gasteiger partial charge in [-0.3, -0.25) is 0 Å². The summed E-state index contributed by atoms with van der Waals surface area (Å²) in [6.45, 7) is 7.39. The van der Waals surface area contributed by atoms with Crippen LogP contribution in [0.15, 0.2) is 5.38 Å². The monoisotopic (exact) mass is 242 g/mol. The Bertz CT molecular complexity index is 366. The molecule has 1 rings (SSSR count). The maximum atomic E-state index is 10.8. The van der Waals surface area contributed by atoms with Gasteiger partial charge >= 0.3 is 5.97 Å². The molecule has 0 spiro atoms. The molecule has 0 bridgehead atoms. The van der Waals surface area contributed by atoms with Gasteiger partial charge in [0.15, 0.2) is 0 Å². The van der Waals surface area contributed by atoms with Crippen LogP contribution in [-0.2, 0) is 11.2 Å². The van der Waals surface area contributed by atoms with Crippen molar-refractivity contribution in [2.45, 2.75) is 40.5 Å². The van der Waals surface area contributed by atoms with Crippen molar-refractivity contribution in [3.8, 4) is 0 Å². The first kappa shape index (κ1) is 14.8. The molecule has 0 aliphatic heterocycles. The van der Waals surface area contributed by atoms with Crippen LogP contribution in [0, 0.1) is 6.92 Å². The van der Waals surface area contributed by atoms with Crippen LogP contribution in [0.2, 0.25) is 0 Å². The Balaban J connectivity index is 0.00000106. The van der Waals surface area contributed by atoms with Crippen molar-refractivity contribution in [2.24, 2.45) is 0 Å². The zero-order chi connectivity index (χ0) is 12.7. The minimum atomic E-state index is -0.901. The first-order valence-electron chi connectivity index (χ1n) is 5.32. The maximum Gasteiger partial charge on any atom is 0.346 e. The third-order valence-corrected chi connectivity index (χ3v) is 3.15. The molecule has 0 fully saturated rings. The van der Waals surface area contributed by atoms with E-state index >= 15 is 0 Å². The summed E-state index contributed by atoms with van der Waals surface area (Å²) >= 11 is 1.23. The topological polar surface area (TPSA) is 54.4 Å². The number of hydrogen-bond donors (Lipinski definition) is 1. The smallest absolute Gasteiger partial charge is 0.346 e. The van der Waals surface area contributed by atoms with E-state index in [-0.39, 0.29) is 5.78 Å². The zero-order valence-electron chi connectivity index (χ0n) is 10.2. The van der Waals surface area contributed by atoms with E-state index in [0.717, 1.165) is 11.1 Å². The number of carbonyl (C=O) groups excluding carboxylic acids is 1. The van der Waals surface area contributed by atoms with Crippen LogP contribution in [0.3, 0.4) is 0 Å². The Morgan fingerprint density at radius 1 is 1.38 bits per heavy atom. The van der Waals surface area contributed by atoms with E-state index in [1.54, 1.807) is 0 Å². The molecule has 4 heteroatoms. The molecule has 1 aromatic heterocycles. The van der Waals surface area contributed by atoms with Crippen molar-refractivity contribution < 1.29 is 14.7 Å². The molecule has 16 heavy (non-hydrogen) atoms. The van der Waals surface area contributed by atoms with Crippen molar-refractivity contribution in [3.05, 3.63) is 21.4 Å². The van der Waals surface area contributed by atoms with Gasteiger partial charge in [0.2, 0.25) is 0 Å². The molecular weight excluding hydrogens is 224 g/mol. The number of carbonyl (C=O) groups is 2. The number of carboxylic acid groups (broad SMARTS) is 1. The quantitative estimate of drug-likeness (QED) is 0.881. The van der Waals surface area contributed by atoms with E-state index in [1.807, 2.05) is 26.2 Å². The van der Waals surface area contributed by atoms with Crippen molar-refractivity contribution >= 4 is 23.1 Å². The molecule has 0 amide bonds. The van der Waals surface area contributed by atoms with Gasteiger partial charge in [0.1, 0.15) is 10.7 Å². The van der Waals surface area contributed by atoms with Crippen molar-refractivity contribution in [1.82, 2.24) is 0 Å². The van der Waals surface area contributed by atoms with E-state index in [4.69, 9.17) is 5.11 Å². The Morgan fingerprint density at radius 3 is 2.38 bits per heavy atom. The summed E-state index contributed by atoms with van der Waals surface area (Å²) in [5, 5.41) is 10.7. The number of hydrogen-bond acceptors (Lipinski definition) is 3. The number of ketones is 1. The highest BCUT2D eigenvalue weighted by atomic mass is 32.1. The molecule has 0 aromatic carbocycles. The molecule has 0 atom stereocenters. The standard InChI is InChI=1S/C10H12O3S.C2H6/c1-6-5-14-9(10(12)13)8(6)4-3-7(2)11;1-2/h5H,3-4H2,1-2H3,(H,12,13);1-2H3. The fourth-order valence-electron chi connectivity index (χ4n) is 1.26. The molecule has 1 N–H and O–H groups in total. The summed E-state index contributed by atoms with van der Waals surface area (Å²) in [6, 6.07) is 0. The first-order chi connectivity index (χ1) is 7.52. The number of Topliss-reactive ketones (excluding diaryl/α,β-unsaturated/α-hetero) is 1. The normalized spacial score (nSPS) is 9.25. The van der Waals surface area contributed by atoms with Crippen LogP contribution in [0.5, 0.6) is 0 Å². The number of thiophene rings is 1. The van der Waals surface area contributed by atoms with E-state index in [1.165, 1.54) is 18.3 Å². The number of aromatic carboxylic acids is 1. The fourth-order valence-corrected chi connectivity index (χ4v) is 2.20. The van der Waals surface area contributed by atoms with Crippen molar-refractivity contribution in [1.29, 1.82) is 0 Å². The van der Waals surface area contributed by atoms with Crippen LogP contribution in [0.25, 0.3) is 0 Å². The first-order valence-corrected chi connectivity index (χ1v) is 6.20. The summed E-state index contributed by atoms with van der Waals surface area (Å²) in [5.41, 5.74) is 1.77. The van der Waals surface area contributed by atoms with E-state index < -0.39 is 5.97 Å². The number of carboxylic acids is 1. The summed E-state index contributed by atoms with van der Waals surface area (Å²) in [7, 11) is 0. The lowest BCUT2D eigenvalue weighted by Gasteiger charge is -2.00. The molecule has 0 aliphatic rings. The number of aryl methyl sites for hydroxylation is 1. The second kappa shape index (κ2) is 7.17. The van der Waals surface area contributed by atoms with Crippen LogP contribution in [-0.4, -0.2) is 16.9 Å². The molecule has 0 saturated carbocycles. The Morgan fingerprint density at radius 2 is 1.94 bits per heavy atom. The highest BCUT2D eigenvalue weighted by Crippen LogP contribution is 2.23. The molecule has 0 saturated heterocycles. The van der Waals surface area contributed by atoms with Gasteiger partial charge in [0.05, 0.1) is 0 Å². The fraction of sp³-hybridized carbons (Fsp3) is 0.500. The molecule has 0 unspecified atom stereocenters. The summed E-state index contributed by atoms with van der Waals surface area (Å²) in [4.78, 5) is 22.0. The minimum Gasteiger partial charge on any atom is -0.477 e. The highest BCUT2D eigenvalue weighted by molar-refractivity contribution is 7.12. The average Bonchev–Trinajstić information content (AvgIpc) is 2.60. The zero-order valence-corrected chi connectivity index (χ0v) is 11.0. The SMILES string of the molecule is CC.CC(=O)CCc1c(C)csc1C(=O)O. The lowest BCUT2D eigenvalue weighted by atomic mass is 10.1.